The molecule has 0 amide bonds. The minimum atomic E-state index is -0.587. The molecule has 0 saturated carbocycles. The zero-order chi connectivity index (χ0) is 21.0. The van der Waals surface area contributed by atoms with Crippen molar-refractivity contribution >= 4 is 11.0 Å². The summed E-state index contributed by atoms with van der Waals surface area (Å²) in [7, 11) is 0. The topological polar surface area (TPSA) is 77.2 Å². The third-order valence-electron chi connectivity index (χ3n) is 6.11. The Morgan fingerprint density at radius 2 is 1.97 bits per heavy atom. The van der Waals surface area contributed by atoms with E-state index in [0.29, 0.717) is 55.5 Å². The van der Waals surface area contributed by atoms with Gasteiger partial charge in [-0.25, -0.2) is 0 Å². The maximum absolute atomic E-state index is 10.7. The predicted molar refractivity (Wildman–Crippen MR) is 114 cm³/mol. The summed E-state index contributed by atoms with van der Waals surface area (Å²) >= 11 is 0. The Morgan fingerprint density at radius 3 is 2.70 bits per heavy atom. The molecular formula is C23H34N2O5. The number of aliphatic hydroxyl groups is 1. The van der Waals surface area contributed by atoms with Crippen LogP contribution in [0.15, 0.2) is 22.7 Å². The van der Waals surface area contributed by atoms with Crippen molar-refractivity contribution in [2.24, 2.45) is 11.8 Å². The van der Waals surface area contributed by atoms with Crippen molar-refractivity contribution in [2.45, 2.75) is 45.1 Å². The first kappa shape index (κ1) is 21.4. The van der Waals surface area contributed by atoms with Gasteiger partial charge in [0.15, 0.2) is 5.75 Å². The summed E-state index contributed by atoms with van der Waals surface area (Å²) < 4.78 is 22.8. The van der Waals surface area contributed by atoms with Gasteiger partial charge in [0, 0.05) is 32.6 Å². The van der Waals surface area contributed by atoms with E-state index in [2.05, 4.69) is 23.9 Å². The van der Waals surface area contributed by atoms with Crippen molar-refractivity contribution < 1.29 is 23.8 Å². The van der Waals surface area contributed by atoms with Gasteiger partial charge in [-0.1, -0.05) is 19.9 Å². The van der Waals surface area contributed by atoms with Gasteiger partial charge in [-0.2, -0.15) is 0 Å². The van der Waals surface area contributed by atoms with Gasteiger partial charge in [0.05, 0.1) is 24.2 Å². The van der Waals surface area contributed by atoms with Gasteiger partial charge in [0.2, 0.25) is 5.58 Å². The zero-order valence-corrected chi connectivity index (χ0v) is 18.1. The Kier molecular flexibility index (Phi) is 6.80. The highest BCUT2D eigenvalue weighted by Crippen LogP contribution is 2.33. The minimum Gasteiger partial charge on any atom is -0.489 e. The second-order valence-corrected chi connectivity index (χ2v) is 9.19. The SMILES string of the molecule is CC(C)COc1cccc2c(OCC3CCN(CC4(O)CCOCC4)CC3)noc12. The van der Waals surface area contributed by atoms with E-state index < -0.39 is 5.60 Å². The van der Waals surface area contributed by atoms with Crippen molar-refractivity contribution in [1.29, 1.82) is 0 Å². The van der Waals surface area contributed by atoms with Gasteiger partial charge in [0.25, 0.3) is 5.88 Å². The molecule has 1 aromatic carbocycles. The molecule has 2 aliphatic heterocycles. The normalized spacial score (nSPS) is 20.7. The van der Waals surface area contributed by atoms with E-state index in [1.807, 2.05) is 18.2 Å². The number of aromatic nitrogens is 1. The Bertz CT molecular complexity index is 807. The fraction of sp³-hybridized carbons (Fsp3) is 0.696. The molecule has 4 rings (SSSR count). The van der Waals surface area contributed by atoms with Gasteiger partial charge >= 0.3 is 0 Å². The van der Waals surface area contributed by atoms with Crippen molar-refractivity contribution in [3.8, 4) is 11.6 Å². The van der Waals surface area contributed by atoms with Crippen LogP contribution >= 0.6 is 0 Å². The summed E-state index contributed by atoms with van der Waals surface area (Å²) in [5.41, 5.74) is 0.0593. The molecule has 0 radical (unpaired) electrons. The van der Waals surface area contributed by atoms with Crippen LogP contribution in [0.3, 0.4) is 0 Å². The van der Waals surface area contributed by atoms with E-state index in [0.717, 1.165) is 50.7 Å². The molecule has 2 fully saturated rings. The average Bonchev–Trinajstić information content (AvgIpc) is 3.16. The lowest BCUT2D eigenvalue weighted by Gasteiger charge is -2.39. The third-order valence-corrected chi connectivity index (χ3v) is 6.11. The molecular weight excluding hydrogens is 384 g/mol. The molecule has 30 heavy (non-hydrogen) atoms. The van der Waals surface area contributed by atoms with Crippen LogP contribution in [0.4, 0.5) is 0 Å². The van der Waals surface area contributed by atoms with Crippen LogP contribution in [-0.2, 0) is 4.74 Å². The summed E-state index contributed by atoms with van der Waals surface area (Å²) in [5.74, 6) is 2.18. The fourth-order valence-electron chi connectivity index (χ4n) is 4.22. The van der Waals surface area contributed by atoms with Gasteiger partial charge in [-0.3, -0.25) is 0 Å². The quantitative estimate of drug-likeness (QED) is 0.703. The summed E-state index contributed by atoms with van der Waals surface area (Å²) in [6.07, 6.45) is 3.59. The number of hydrogen-bond acceptors (Lipinski definition) is 7. The smallest absolute Gasteiger partial charge is 0.262 e. The molecule has 7 heteroatoms. The summed E-state index contributed by atoms with van der Waals surface area (Å²) in [4.78, 5) is 2.38. The van der Waals surface area contributed by atoms with Gasteiger partial charge in [-0.15, -0.1) is 0 Å². The minimum absolute atomic E-state index is 0.442. The van der Waals surface area contributed by atoms with E-state index in [1.165, 1.54) is 0 Å². The fourth-order valence-corrected chi connectivity index (χ4v) is 4.22. The van der Waals surface area contributed by atoms with Crippen LogP contribution in [0.1, 0.15) is 39.5 Å². The molecule has 2 aliphatic rings. The lowest BCUT2D eigenvalue weighted by Crippen LogP contribution is -2.49. The lowest BCUT2D eigenvalue weighted by molar-refractivity contribution is -0.0834. The Morgan fingerprint density at radius 1 is 1.20 bits per heavy atom. The second kappa shape index (κ2) is 9.54. The number of para-hydroxylation sites is 1. The highest BCUT2D eigenvalue weighted by molar-refractivity contribution is 5.87. The molecule has 0 atom stereocenters. The first-order valence-corrected chi connectivity index (χ1v) is 11.2. The number of fused-ring (bicyclic) bond motifs is 1. The number of ether oxygens (including phenoxy) is 3. The first-order valence-electron chi connectivity index (χ1n) is 11.2. The van der Waals surface area contributed by atoms with Crippen molar-refractivity contribution in [3.63, 3.8) is 0 Å². The van der Waals surface area contributed by atoms with Crippen LogP contribution in [0, 0.1) is 11.8 Å². The number of rotatable bonds is 8. The zero-order valence-electron chi connectivity index (χ0n) is 18.1. The highest BCUT2D eigenvalue weighted by atomic mass is 16.5. The number of likely N-dealkylation sites (tertiary alicyclic amines) is 1. The molecule has 3 heterocycles. The molecule has 1 N–H and O–H groups in total. The molecule has 0 aliphatic carbocycles. The van der Waals surface area contributed by atoms with E-state index in [4.69, 9.17) is 18.7 Å². The Hall–Kier alpha value is -1.83. The van der Waals surface area contributed by atoms with E-state index in [9.17, 15) is 5.11 Å². The molecule has 166 valence electrons. The number of β-amino-alcohol motifs (C(OH)–C–C–N with tert-alkyl or cyclic N) is 1. The summed E-state index contributed by atoms with van der Waals surface area (Å²) in [5, 5.41) is 15.7. The van der Waals surface area contributed by atoms with Crippen LogP contribution in [0.25, 0.3) is 11.0 Å². The maximum Gasteiger partial charge on any atom is 0.262 e. The number of nitrogens with zero attached hydrogens (tertiary/aromatic N) is 2. The number of hydrogen-bond donors (Lipinski definition) is 1. The average molecular weight is 419 g/mol. The van der Waals surface area contributed by atoms with Gasteiger partial charge in [0.1, 0.15) is 0 Å². The summed E-state index contributed by atoms with van der Waals surface area (Å²) in [6, 6.07) is 5.81. The van der Waals surface area contributed by atoms with E-state index >= 15 is 0 Å². The molecule has 0 unspecified atom stereocenters. The summed E-state index contributed by atoms with van der Waals surface area (Å²) in [6.45, 7) is 9.55. The van der Waals surface area contributed by atoms with Gasteiger partial charge in [-0.05, 0) is 55.1 Å². The van der Waals surface area contributed by atoms with Crippen molar-refractivity contribution in [1.82, 2.24) is 10.1 Å². The molecule has 1 aromatic heterocycles. The van der Waals surface area contributed by atoms with Gasteiger partial charge < -0.3 is 28.7 Å². The Balaban J connectivity index is 1.27. The van der Waals surface area contributed by atoms with Crippen molar-refractivity contribution in [3.05, 3.63) is 18.2 Å². The van der Waals surface area contributed by atoms with E-state index in [1.54, 1.807) is 0 Å². The van der Waals surface area contributed by atoms with Crippen LogP contribution in [-0.4, -0.2) is 66.8 Å². The van der Waals surface area contributed by atoms with Crippen molar-refractivity contribution in [2.75, 3.05) is 46.1 Å². The number of benzene rings is 1. The van der Waals surface area contributed by atoms with Crippen LogP contribution < -0.4 is 9.47 Å². The second-order valence-electron chi connectivity index (χ2n) is 9.19. The lowest BCUT2D eigenvalue weighted by atomic mass is 9.91. The molecule has 2 saturated heterocycles. The molecule has 0 spiro atoms. The highest BCUT2D eigenvalue weighted by Gasteiger charge is 2.33. The predicted octanol–water partition coefficient (Wildman–Crippen LogP) is 3.49. The molecule has 0 bridgehead atoms. The van der Waals surface area contributed by atoms with E-state index in [-0.39, 0.29) is 0 Å². The number of piperidine rings is 1. The standard InChI is InChI=1S/C23H34N2O5/c1-17(2)14-28-20-5-3-4-19-21(20)30-24-22(19)29-15-18-6-10-25(11-7-18)16-23(26)8-12-27-13-9-23/h3-5,17-18,26H,6-16H2,1-2H3. The van der Waals surface area contributed by atoms with Crippen LogP contribution in [0.5, 0.6) is 11.6 Å². The largest absolute Gasteiger partial charge is 0.489 e. The Labute approximate surface area is 178 Å². The first-order chi connectivity index (χ1) is 14.5. The third kappa shape index (κ3) is 5.25. The molecule has 2 aromatic rings. The monoisotopic (exact) mass is 418 g/mol. The maximum atomic E-state index is 10.7. The van der Waals surface area contributed by atoms with Crippen LogP contribution in [0.2, 0.25) is 0 Å². The molecule has 7 nitrogen and oxygen atoms in total.